The Labute approximate surface area is 207 Å². The van der Waals surface area contributed by atoms with Gasteiger partial charge in [-0.15, -0.1) is 0 Å². The Morgan fingerprint density at radius 3 is 2.69 bits per heavy atom. The molecular weight excluding hydrogens is 438 g/mol. The molecule has 184 valence electrons. The molecule has 1 aromatic heterocycles. The monoisotopic (exact) mass is 473 g/mol. The van der Waals surface area contributed by atoms with Crippen molar-refractivity contribution >= 4 is 17.6 Å². The Kier molecular flexibility index (Phi) is 7.69. The van der Waals surface area contributed by atoms with Crippen LogP contribution in [0.1, 0.15) is 79.0 Å². The van der Waals surface area contributed by atoms with Crippen molar-refractivity contribution in [2.75, 3.05) is 5.32 Å². The molecule has 1 aliphatic carbocycles. The number of carbonyl (C=O) groups is 2. The van der Waals surface area contributed by atoms with Crippen LogP contribution in [-0.4, -0.2) is 26.5 Å². The van der Waals surface area contributed by atoms with Crippen LogP contribution in [0.3, 0.4) is 0 Å². The minimum atomic E-state index is -0.717. The van der Waals surface area contributed by atoms with Crippen LogP contribution in [0.15, 0.2) is 48.7 Å². The number of aromatic nitrogens is 2. The van der Waals surface area contributed by atoms with Crippen molar-refractivity contribution in [2.45, 2.75) is 71.8 Å². The number of carboxylic acids is 1. The highest BCUT2D eigenvalue weighted by Gasteiger charge is 2.33. The predicted octanol–water partition coefficient (Wildman–Crippen LogP) is 6.44. The van der Waals surface area contributed by atoms with Crippen LogP contribution >= 0.6 is 0 Å². The van der Waals surface area contributed by atoms with E-state index < -0.39 is 5.97 Å². The third-order valence-corrected chi connectivity index (χ3v) is 7.17. The van der Waals surface area contributed by atoms with Crippen LogP contribution in [-0.2, 0) is 17.8 Å². The number of amides is 1. The number of imidazole rings is 1. The van der Waals surface area contributed by atoms with Gasteiger partial charge >= 0.3 is 5.97 Å². The number of hydrogen-bond donors (Lipinski definition) is 2. The zero-order valence-electron chi connectivity index (χ0n) is 20.9. The minimum absolute atomic E-state index is 0.0568. The molecule has 4 rings (SSSR count). The first kappa shape index (κ1) is 24.7. The van der Waals surface area contributed by atoms with Crippen molar-refractivity contribution in [3.8, 4) is 11.4 Å². The number of aryl methyl sites for hydroxylation is 3. The smallest absolute Gasteiger partial charge is 0.307 e. The van der Waals surface area contributed by atoms with Gasteiger partial charge in [-0.3, -0.25) is 9.59 Å². The minimum Gasteiger partial charge on any atom is -0.481 e. The summed E-state index contributed by atoms with van der Waals surface area (Å²) < 4.78 is 2.09. The van der Waals surface area contributed by atoms with Crippen LogP contribution in [0.4, 0.5) is 5.69 Å². The van der Waals surface area contributed by atoms with E-state index in [0.717, 1.165) is 66.9 Å². The molecule has 0 aliphatic heterocycles. The van der Waals surface area contributed by atoms with E-state index in [-0.39, 0.29) is 17.7 Å². The molecule has 0 saturated heterocycles. The first-order chi connectivity index (χ1) is 16.9. The van der Waals surface area contributed by atoms with Gasteiger partial charge in [0.15, 0.2) is 0 Å². The standard InChI is InChI=1S/C29H35N3O3/c1-4-6-9-16-32-18-26(28(33)31-25-11-8-7-10-19(25)3)30-27(32)21-13-14-23-20(17-21)12-15-24(23)22(5-2)29(34)35/h7-8,10-11,13-14,17-18,22,24H,4-6,9,12,15-16H2,1-3H3,(H,31,33)(H,34,35). The molecule has 2 aromatic carbocycles. The largest absolute Gasteiger partial charge is 0.481 e. The third-order valence-electron chi connectivity index (χ3n) is 7.17. The maximum absolute atomic E-state index is 13.1. The normalized spacial score (nSPS) is 15.6. The van der Waals surface area contributed by atoms with Crippen LogP contribution in [0.2, 0.25) is 0 Å². The molecule has 0 radical (unpaired) electrons. The molecule has 1 heterocycles. The van der Waals surface area contributed by atoms with E-state index in [1.54, 1.807) is 0 Å². The Hall–Kier alpha value is -3.41. The molecule has 2 unspecified atom stereocenters. The summed E-state index contributed by atoms with van der Waals surface area (Å²) in [6.07, 6.45) is 7.46. The fourth-order valence-corrected chi connectivity index (χ4v) is 5.20. The molecule has 1 aliphatic rings. The van der Waals surface area contributed by atoms with E-state index in [1.807, 2.05) is 50.4 Å². The lowest BCUT2D eigenvalue weighted by atomic mass is 9.85. The van der Waals surface area contributed by atoms with Gasteiger partial charge in [0, 0.05) is 24.0 Å². The lowest BCUT2D eigenvalue weighted by molar-refractivity contribution is -0.142. The summed E-state index contributed by atoms with van der Waals surface area (Å²) >= 11 is 0. The van der Waals surface area contributed by atoms with Crippen molar-refractivity contribution in [2.24, 2.45) is 5.92 Å². The topological polar surface area (TPSA) is 84.2 Å². The summed E-state index contributed by atoms with van der Waals surface area (Å²) in [5, 5.41) is 12.6. The van der Waals surface area contributed by atoms with E-state index in [4.69, 9.17) is 4.98 Å². The van der Waals surface area contributed by atoms with Crippen LogP contribution in [0.25, 0.3) is 11.4 Å². The average Bonchev–Trinajstić information content (AvgIpc) is 3.45. The van der Waals surface area contributed by atoms with E-state index in [2.05, 4.69) is 28.9 Å². The average molecular weight is 474 g/mol. The second-order valence-electron chi connectivity index (χ2n) is 9.53. The van der Waals surface area contributed by atoms with Crippen molar-refractivity contribution in [3.63, 3.8) is 0 Å². The highest BCUT2D eigenvalue weighted by atomic mass is 16.4. The molecule has 0 fully saturated rings. The molecule has 35 heavy (non-hydrogen) atoms. The van der Waals surface area contributed by atoms with Gasteiger partial charge in [0.1, 0.15) is 11.5 Å². The summed E-state index contributed by atoms with van der Waals surface area (Å²) in [5.74, 6) is -0.447. The van der Waals surface area contributed by atoms with Crippen LogP contribution < -0.4 is 5.32 Å². The highest BCUT2D eigenvalue weighted by molar-refractivity contribution is 6.03. The van der Waals surface area contributed by atoms with Gasteiger partial charge in [-0.25, -0.2) is 4.98 Å². The SMILES string of the molecule is CCCCCn1cc(C(=O)Nc2ccccc2C)nc1-c1ccc2c(c1)CCC2C(CC)C(=O)O. The molecule has 2 atom stereocenters. The molecule has 1 amide bonds. The Morgan fingerprint density at radius 1 is 1.17 bits per heavy atom. The summed E-state index contributed by atoms with van der Waals surface area (Å²) in [6.45, 7) is 6.88. The third kappa shape index (κ3) is 5.31. The zero-order chi connectivity index (χ0) is 24.9. The highest BCUT2D eigenvalue weighted by Crippen LogP contribution is 2.41. The van der Waals surface area contributed by atoms with Crippen molar-refractivity contribution < 1.29 is 14.7 Å². The van der Waals surface area contributed by atoms with E-state index in [1.165, 1.54) is 5.56 Å². The van der Waals surface area contributed by atoms with Crippen molar-refractivity contribution in [1.82, 2.24) is 9.55 Å². The Morgan fingerprint density at radius 2 is 1.97 bits per heavy atom. The second-order valence-corrected chi connectivity index (χ2v) is 9.53. The number of nitrogens with zero attached hydrogens (tertiary/aromatic N) is 2. The number of benzene rings is 2. The molecule has 3 aromatic rings. The quantitative estimate of drug-likeness (QED) is 0.332. The number of nitrogens with one attached hydrogen (secondary N) is 1. The number of anilines is 1. The van der Waals surface area contributed by atoms with Crippen LogP contribution in [0.5, 0.6) is 0 Å². The summed E-state index contributed by atoms with van der Waals surface area (Å²) in [7, 11) is 0. The van der Waals surface area contributed by atoms with E-state index >= 15 is 0 Å². The number of rotatable bonds is 10. The number of carbonyl (C=O) groups excluding carboxylic acids is 1. The van der Waals surface area contributed by atoms with Gasteiger partial charge in [0.05, 0.1) is 5.92 Å². The maximum Gasteiger partial charge on any atom is 0.307 e. The van der Waals surface area contributed by atoms with Gasteiger partial charge in [-0.05, 0) is 67.3 Å². The molecule has 6 heteroatoms. The molecule has 0 saturated carbocycles. The van der Waals surface area contributed by atoms with Gasteiger partial charge in [0.2, 0.25) is 0 Å². The van der Waals surface area contributed by atoms with E-state index in [0.29, 0.717) is 12.1 Å². The number of carboxylic acid groups (broad SMARTS) is 1. The predicted molar refractivity (Wildman–Crippen MR) is 139 cm³/mol. The second kappa shape index (κ2) is 10.9. The van der Waals surface area contributed by atoms with Gasteiger partial charge in [0.25, 0.3) is 5.91 Å². The fraction of sp³-hybridized carbons (Fsp3) is 0.414. The maximum atomic E-state index is 13.1. The molecular formula is C29H35N3O3. The Balaban J connectivity index is 1.64. The first-order valence-electron chi connectivity index (χ1n) is 12.7. The molecule has 0 spiro atoms. The van der Waals surface area contributed by atoms with Gasteiger partial charge in [-0.1, -0.05) is 57.0 Å². The number of fused-ring (bicyclic) bond motifs is 1. The molecule has 2 N–H and O–H groups in total. The van der Waals surface area contributed by atoms with Crippen LogP contribution in [0, 0.1) is 12.8 Å². The lowest BCUT2D eigenvalue weighted by Gasteiger charge is -2.19. The first-order valence-corrected chi connectivity index (χ1v) is 12.7. The lowest BCUT2D eigenvalue weighted by Crippen LogP contribution is -2.19. The number of para-hydroxylation sites is 1. The number of unbranched alkanes of at least 4 members (excludes halogenated alkanes) is 2. The number of aliphatic carboxylic acids is 1. The summed E-state index contributed by atoms with van der Waals surface area (Å²) in [4.78, 5) is 29.6. The zero-order valence-corrected chi connectivity index (χ0v) is 20.9. The Bertz CT molecular complexity index is 1210. The summed E-state index contributed by atoms with van der Waals surface area (Å²) in [6, 6.07) is 14.0. The van der Waals surface area contributed by atoms with Gasteiger partial charge < -0.3 is 15.0 Å². The van der Waals surface area contributed by atoms with Crippen molar-refractivity contribution in [1.29, 1.82) is 0 Å². The fourth-order valence-electron chi connectivity index (χ4n) is 5.20. The van der Waals surface area contributed by atoms with Gasteiger partial charge in [-0.2, -0.15) is 0 Å². The van der Waals surface area contributed by atoms with Crippen molar-refractivity contribution in [3.05, 3.63) is 71.0 Å². The molecule has 6 nitrogen and oxygen atoms in total. The number of hydrogen-bond acceptors (Lipinski definition) is 3. The molecule has 0 bridgehead atoms. The van der Waals surface area contributed by atoms with E-state index in [9.17, 15) is 14.7 Å². The summed E-state index contributed by atoms with van der Waals surface area (Å²) in [5.41, 5.74) is 5.50.